The zero-order valence-electron chi connectivity index (χ0n) is 11.9. The maximum absolute atomic E-state index is 12.6. The number of nitrogens with one attached hydrogen (secondary N) is 1. The minimum atomic E-state index is -3.64. The largest absolute Gasteiger partial charge is 0.399 e. The molecule has 1 saturated carbocycles. The first-order valence-electron chi connectivity index (χ1n) is 6.72. The lowest BCUT2D eigenvalue weighted by atomic mass is 10.1. The predicted octanol–water partition coefficient (Wildman–Crippen LogP) is 3.02. The van der Waals surface area contributed by atoms with Gasteiger partial charge in [-0.15, -0.1) is 11.3 Å². The number of anilines is 2. The Morgan fingerprint density at radius 3 is 2.48 bits per heavy atom. The van der Waals surface area contributed by atoms with Crippen LogP contribution in [0.1, 0.15) is 35.6 Å². The number of sulfonamides is 1. The highest BCUT2D eigenvalue weighted by atomic mass is 32.2. The molecule has 0 bridgehead atoms. The number of benzene rings is 1. The van der Waals surface area contributed by atoms with Crippen molar-refractivity contribution in [1.29, 1.82) is 0 Å². The SMILES string of the molecule is Cc1cc(N)cc(C)c1S(=O)(=O)Nc1nc(C2CC2)cs1. The van der Waals surface area contributed by atoms with Gasteiger partial charge in [0.1, 0.15) is 0 Å². The number of nitrogens with two attached hydrogens (primary N) is 1. The number of nitrogens with zero attached hydrogens (tertiary/aromatic N) is 1. The summed E-state index contributed by atoms with van der Waals surface area (Å²) in [6.45, 7) is 3.49. The van der Waals surface area contributed by atoms with Crippen molar-refractivity contribution in [2.24, 2.45) is 0 Å². The number of nitrogen functional groups attached to an aromatic ring is 1. The summed E-state index contributed by atoms with van der Waals surface area (Å²) in [6.07, 6.45) is 2.29. The van der Waals surface area contributed by atoms with E-state index in [0.29, 0.717) is 27.9 Å². The smallest absolute Gasteiger partial charge is 0.264 e. The van der Waals surface area contributed by atoms with Crippen LogP contribution in [0, 0.1) is 13.8 Å². The van der Waals surface area contributed by atoms with Crippen molar-refractivity contribution in [2.45, 2.75) is 37.5 Å². The van der Waals surface area contributed by atoms with Crippen LogP contribution in [-0.4, -0.2) is 13.4 Å². The van der Waals surface area contributed by atoms with E-state index in [-0.39, 0.29) is 4.90 Å². The van der Waals surface area contributed by atoms with Crippen molar-refractivity contribution in [3.05, 3.63) is 34.3 Å². The molecule has 0 unspecified atom stereocenters. The Bertz CT molecular complexity index is 769. The van der Waals surface area contributed by atoms with Crippen LogP contribution in [0.15, 0.2) is 22.4 Å². The fourth-order valence-electron chi connectivity index (χ4n) is 2.47. The quantitative estimate of drug-likeness (QED) is 0.847. The molecule has 0 spiro atoms. The fraction of sp³-hybridized carbons (Fsp3) is 0.357. The van der Waals surface area contributed by atoms with Gasteiger partial charge in [-0.1, -0.05) is 0 Å². The van der Waals surface area contributed by atoms with E-state index >= 15 is 0 Å². The van der Waals surface area contributed by atoms with Gasteiger partial charge in [-0.25, -0.2) is 13.4 Å². The maximum Gasteiger partial charge on any atom is 0.264 e. The summed E-state index contributed by atoms with van der Waals surface area (Å²) in [6, 6.07) is 3.33. The zero-order chi connectivity index (χ0) is 15.2. The molecular formula is C14H17N3O2S2. The second-order valence-corrected chi connectivity index (χ2v) is 7.92. The summed E-state index contributed by atoms with van der Waals surface area (Å²) < 4.78 is 27.7. The molecule has 1 aliphatic rings. The standard InChI is InChI=1S/C14H17N3O2S2/c1-8-5-11(15)6-9(2)13(8)21(18,19)17-14-16-12(7-20-14)10-3-4-10/h5-7,10H,3-4,15H2,1-2H3,(H,16,17). The Morgan fingerprint density at radius 1 is 1.29 bits per heavy atom. The number of hydrogen-bond donors (Lipinski definition) is 2. The van der Waals surface area contributed by atoms with E-state index in [9.17, 15) is 8.42 Å². The maximum atomic E-state index is 12.6. The zero-order valence-corrected chi connectivity index (χ0v) is 13.5. The van der Waals surface area contributed by atoms with Gasteiger partial charge in [0.05, 0.1) is 10.6 Å². The van der Waals surface area contributed by atoms with Gasteiger partial charge in [-0.2, -0.15) is 0 Å². The average Bonchev–Trinajstić information content (AvgIpc) is 3.09. The molecule has 1 fully saturated rings. The van der Waals surface area contributed by atoms with Crippen molar-refractivity contribution < 1.29 is 8.42 Å². The van der Waals surface area contributed by atoms with Crippen LogP contribution in [0.5, 0.6) is 0 Å². The lowest BCUT2D eigenvalue weighted by molar-refractivity contribution is 0.600. The molecule has 0 aliphatic heterocycles. The Hall–Kier alpha value is -1.60. The van der Waals surface area contributed by atoms with Crippen molar-refractivity contribution in [2.75, 3.05) is 10.5 Å². The Morgan fingerprint density at radius 2 is 1.90 bits per heavy atom. The van der Waals surface area contributed by atoms with E-state index in [2.05, 4.69) is 9.71 Å². The monoisotopic (exact) mass is 323 g/mol. The number of thiazole rings is 1. The summed E-state index contributed by atoms with van der Waals surface area (Å²) in [5, 5.41) is 2.35. The number of hydrogen-bond acceptors (Lipinski definition) is 5. The summed E-state index contributed by atoms with van der Waals surface area (Å²) in [7, 11) is -3.64. The van der Waals surface area contributed by atoms with Crippen LogP contribution >= 0.6 is 11.3 Å². The molecule has 1 aliphatic carbocycles. The van der Waals surface area contributed by atoms with Crippen molar-refractivity contribution in [1.82, 2.24) is 4.98 Å². The van der Waals surface area contributed by atoms with Crippen molar-refractivity contribution in [3.63, 3.8) is 0 Å². The predicted molar refractivity (Wildman–Crippen MR) is 85.2 cm³/mol. The first kappa shape index (κ1) is 14.3. The van der Waals surface area contributed by atoms with Gasteiger partial charge in [-0.3, -0.25) is 4.72 Å². The highest BCUT2D eigenvalue weighted by Gasteiger charge is 2.27. The molecule has 3 N–H and O–H groups in total. The van der Waals surface area contributed by atoms with Gasteiger partial charge in [-0.05, 0) is 49.9 Å². The molecular weight excluding hydrogens is 306 g/mol. The first-order valence-corrected chi connectivity index (χ1v) is 9.08. The Balaban J connectivity index is 1.92. The van der Waals surface area contributed by atoms with Crippen LogP contribution in [0.2, 0.25) is 0 Å². The molecule has 1 heterocycles. The molecule has 21 heavy (non-hydrogen) atoms. The molecule has 0 amide bonds. The molecule has 1 aromatic carbocycles. The van der Waals surface area contributed by atoms with Gasteiger partial charge in [0.2, 0.25) is 0 Å². The van der Waals surface area contributed by atoms with Gasteiger partial charge in [0.15, 0.2) is 5.13 Å². The number of aromatic nitrogens is 1. The van der Waals surface area contributed by atoms with Gasteiger partial charge in [0.25, 0.3) is 10.0 Å². The van der Waals surface area contributed by atoms with Crippen LogP contribution in [0.4, 0.5) is 10.8 Å². The molecule has 2 aromatic rings. The minimum Gasteiger partial charge on any atom is -0.399 e. The lowest BCUT2D eigenvalue weighted by Crippen LogP contribution is -2.16. The molecule has 5 nitrogen and oxygen atoms in total. The first-order chi connectivity index (χ1) is 9.87. The average molecular weight is 323 g/mol. The molecule has 1 aromatic heterocycles. The topological polar surface area (TPSA) is 85.1 Å². The molecule has 0 atom stereocenters. The van der Waals surface area contributed by atoms with Crippen LogP contribution in [-0.2, 0) is 10.0 Å². The second-order valence-electron chi connectivity index (χ2n) is 5.44. The van der Waals surface area contributed by atoms with Gasteiger partial charge < -0.3 is 5.73 Å². The third-order valence-electron chi connectivity index (χ3n) is 3.49. The Labute approximate surface area is 128 Å². The van der Waals surface area contributed by atoms with Gasteiger partial charge >= 0.3 is 0 Å². The molecule has 0 saturated heterocycles. The van der Waals surface area contributed by atoms with Crippen LogP contribution in [0.25, 0.3) is 0 Å². The number of aryl methyl sites for hydroxylation is 2. The van der Waals surface area contributed by atoms with E-state index in [1.165, 1.54) is 11.3 Å². The number of rotatable bonds is 4. The van der Waals surface area contributed by atoms with E-state index in [1.54, 1.807) is 26.0 Å². The fourth-order valence-corrected chi connectivity index (χ4v) is 4.97. The molecule has 3 rings (SSSR count). The summed E-state index contributed by atoms with van der Waals surface area (Å²) in [5.41, 5.74) is 8.57. The second kappa shape index (κ2) is 4.99. The van der Waals surface area contributed by atoms with Crippen LogP contribution in [0.3, 0.4) is 0 Å². The van der Waals surface area contributed by atoms with E-state index in [0.717, 1.165) is 18.5 Å². The van der Waals surface area contributed by atoms with E-state index in [1.807, 2.05) is 5.38 Å². The molecule has 7 heteroatoms. The van der Waals surface area contributed by atoms with E-state index < -0.39 is 10.0 Å². The molecule has 112 valence electrons. The van der Waals surface area contributed by atoms with Crippen molar-refractivity contribution >= 4 is 32.2 Å². The summed E-state index contributed by atoms with van der Waals surface area (Å²) in [5.74, 6) is 0.513. The third-order valence-corrected chi connectivity index (χ3v) is 6.04. The summed E-state index contributed by atoms with van der Waals surface area (Å²) >= 11 is 1.33. The normalized spacial score (nSPS) is 15.1. The molecule has 0 radical (unpaired) electrons. The Kier molecular flexibility index (Phi) is 3.41. The van der Waals surface area contributed by atoms with Crippen molar-refractivity contribution in [3.8, 4) is 0 Å². The van der Waals surface area contributed by atoms with E-state index in [4.69, 9.17) is 5.73 Å². The lowest BCUT2D eigenvalue weighted by Gasteiger charge is -2.12. The highest BCUT2D eigenvalue weighted by Crippen LogP contribution is 2.41. The van der Waals surface area contributed by atoms with Gasteiger partial charge in [0, 0.05) is 17.0 Å². The van der Waals surface area contributed by atoms with Crippen LogP contribution < -0.4 is 10.5 Å². The summed E-state index contributed by atoms with van der Waals surface area (Å²) in [4.78, 5) is 4.64. The third kappa shape index (κ3) is 2.89. The highest BCUT2D eigenvalue weighted by molar-refractivity contribution is 7.93. The minimum absolute atomic E-state index is 0.278.